The SMILES string of the molecule is CC(C)OC(=O)c1ccc(OCC(=O)NCCc2ccc(OC(F)F)cc2)cc1. The lowest BCUT2D eigenvalue weighted by atomic mass is 10.1. The van der Waals surface area contributed by atoms with Crippen LogP contribution in [0.1, 0.15) is 29.8 Å². The molecule has 29 heavy (non-hydrogen) atoms. The van der Waals surface area contributed by atoms with Crippen molar-refractivity contribution in [3.05, 3.63) is 59.7 Å². The third-order valence-corrected chi connectivity index (χ3v) is 3.69. The third-order valence-electron chi connectivity index (χ3n) is 3.69. The summed E-state index contributed by atoms with van der Waals surface area (Å²) >= 11 is 0. The van der Waals surface area contributed by atoms with Gasteiger partial charge in [-0.05, 0) is 62.2 Å². The maximum Gasteiger partial charge on any atom is 0.387 e. The van der Waals surface area contributed by atoms with E-state index >= 15 is 0 Å². The van der Waals surface area contributed by atoms with E-state index in [-0.39, 0.29) is 24.4 Å². The molecule has 0 aromatic heterocycles. The summed E-state index contributed by atoms with van der Waals surface area (Å²) < 4.78 is 39.0. The summed E-state index contributed by atoms with van der Waals surface area (Å²) in [4.78, 5) is 23.6. The van der Waals surface area contributed by atoms with Crippen LogP contribution in [0.25, 0.3) is 0 Å². The lowest BCUT2D eigenvalue weighted by Crippen LogP contribution is -2.30. The summed E-state index contributed by atoms with van der Waals surface area (Å²) in [5.41, 5.74) is 1.28. The largest absolute Gasteiger partial charge is 0.484 e. The first-order valence-electron chi connectivity index (χ1n) is 9.08. The molecule has 2 rings (SSSR count). The van der Waals surface area contributed by atoms with Crippen LogP contribution in [0.4, 0.5) is 8.78 Å². The van der Waals surface area contributed by atoms with E-state index in [2.05, 4.69) is 10.1 Å². The van der Waals surface area contributed by atoms with Gasteiger partial charge in [-0.1, -0.05) is 12.1 Å². The minimum absolute atomic E-state index is 0.0877. The lowest BCUT2D eigenvalue weighted by molar-refractivity contribution is -0.123. The molecule has 0 saturated heterocycles. The molecule has 0 aliphatic carbocycles. The second-order valence-corrected chi connectivity index (χ2v) is 6.39. The fraction of sp³-hybridized carbons (Fsp3) is 0.333. The standard InChI is InChI=1S/C21H23F2NO5/c1-14(2)28-20(26)16-5-9-17(10-6-16)27-13-19(25)24-12-11-15-3-7-18(8-4-15)29-21(22)23/h3-10,14,21H,11-13H2,1-2H3,(H,24,25). The number of amides is 1. The molecule has 2 aromatic carbocycles. The van der Waals surface area contributed by atoms with Gasteiger partial charge < -0.3 is 19.5 Å². The zero-order chi connectivity index (χ0) is 21.2. The van der Waals surface area contributed by atoms with E-state index in [4.69, 9.17) is 9.47 Å². The van der Waals surface area contributed by atoms with Crippen molar-refractivity contribution >= 4 is 11.9 Å². The number of carbonyl (C=O) groups excluding carboxylic acids is 2. The Morgan fingerprint density at radius 2 is 1.59 bits per heavy atom. The number of hydrogen-bond donors (Lipinski definition) is 1. The summed E-state index contributed by atoms with van der Waals surface area (Å²) in [7, 11) is 0. The molecular weight excluding hydrogens is 384 g/mol. The summed E-state index contributed by atoms with van der Waals surface area (Å²) in [5, 5.41) is 2.71. The molecule has 0 unspecified atom stereocenters. The van der Waals surface area contributed by atoms with Crippen LogP contribution in [-0.4, -0.2) is 37.7 Å². The molecule has 6 nitrogen and oxygen atoms in total. The average Bonchev–Trinajstić information content (AvgIpc) is 2.67. The Bertz CT molecular complexity index is 792. The molecule has 156 valence electrons. The second kappa shape index (κ2) is 11.0. The van der Waals surface area contributed by atoms with Gasteiger partial charge in [0.25, 0.3) is 5.91 Å². The second-order valence-electron chi connectivity index (χ2n) is 6.39. The zero-order valence-electron chi connectivity index (χ0n) is 16.2. The lowest BCUT2D eigenvalue weighted by Gasteiger charge is -2.10. The topological polar surface area (TPSA) is 73.9 Å². The molecule has 0 spiro atoms. The first-order valence-corrected chi connectivity index (χ1v) is 9.08. The first kappa shape index (κ1) is 22.1. The summed E-state index contributed by atoms with van der Waals surface area (Å²) in [6, 6.07) is 12.5. The predicted octanol–water partition coefficient (Wildman–Crippen LogP) is 3.59. The highest BCUT2D eigenvalue weighted by atomic mass is 19.3. The number of rotatable bonds is 10. The summed E-state index contributed by atoms with van der Waals surface area (Å²) in [6.07, 6.45) is 0.332. The molecule has 0 heterocycles. The fourth-order valence-corrected chi connectivity index (χ4v) is 2.35. The molecule has 1 N–H and O–H groups in total. The quantitative estimate of drug-likeness (QED) is 0.610. The van der Waals surface area contributed by atoms with Crippen LogP contribution in [0.3, 0.4) is 0 Å². The van der Waals surface area contributed by atoms with Crippen molar-refractivity contribution in [1.29, 1.82) is 0 Å². The number of esters is 1. The van der Waals surface area contributed by atoms with Crippen LogP contribution in [0.15, 0.2) is 48.5 Å². The van der Waals surface area contributed by atoms with Crippen LogP contribution in [-0.2, 0) is 16.0 Å². The average molecular weight is 407 g/mol. The van der Waals surface area contributed by atoms with Crippen molar-refractivity contribution in [2.45, 2.75) is 33.0 Å². The van der Waals surface area contributed by atoms with Crippen LogP contribution >= 0.6 is 0 Å². The summed E-state index contributed by atoms with van der Waals surface area (Å²) in [6.45, 7) is 0.884. The molecule has 2 aromatic rings. The molecule has 0 radical (unpaired) electrons. The Hall–Kier alpha value is -3.16. The van der Waals surface area contributed by atoms with Crippen molar-refractivity contribution in [3.63, 3.8) is 0 Å². The molecule has 1 amide bonds. The summed E-state index contributed by atoms with van der Waals surface area (Å²) in [5.74, 6) is -0.176. The van der Waals surface area contributed by atoms with E-state index in [1.165, 1.54) is 12.1 Å². The van der Waals surface area contributed by atoms with Crippen LogP contribution in [0.5, 0.6) is 11.5 Å². The van der Waals surface area contributed by atoms with Crippen molar-refractivity contribution in [1.82, 2.24) is 5.32 Å². The number of benzene rings is 2. The van der Waals surface area contributed by atoms with Crippen LogP contribution in [0.2, 0.25) is 0 Å². The molecule has 0 bridgehead atoms. The predicted molar refractivity (Wildman–Crippen MR) is 102 cm³/mol. The van der Waals surface area contributed by atoms with Crippen molar-refractivity contribution in [2.75, 3.05) is 13.2 Å². The van der Waals surface area contributed by atoms with E-state index in [9.17, 15) is 18.4 Å². The maximum atomic E-state index is 12.1. The van der Waals surface area contributed by atoms with Gasteiger partial charge in [-0.25, -0.2) is 4.79 Å². The Labute approximate surface area is 167 Å². The molecule has 0 atom stereocenters. The van der Waals surface area contributed by atoms with Crippen molar-refractivity contribution in [2.24, 2.45) is 0 Å². The van der Waals surface area contributed by atoms with Crippen molar-refractivity contribution in [3.8, 4) is 11.5 Å². The van der Waals surface area contributed by atoms with Crippen LogP contribution < -0.4 is 14.8 Å². The van der Waals surface area contributed by atoms with E-state index in [0.717, 1.165) is 5.56 Å². The molecule has 0 fully saturated rings. The Morgan fingerprint density at radius 1 is 0.966 bits per heavy atom. The number of hydrogen-bond acceptors (Lipinski definition) is 5. The minimum atomic E-state index is -2.86. The van der Waals surface area contributed by atoms with Gasteiger partial charge in [-0.15, -0.1) is 0 Å². The smallest absolute Gasteiger partial charge is 0.387 e. The Morgan fingerprint density at radius 3 is 2.17 bits per heavy atom. The normalized spacial score (nSPS) is 10.7. The fourth-order valence-electron chi connectivity index (χ4n) is 2.35. The van der Waals surface area contributed by atoms with Crippen LogP contribution in [0, 0.1) is 0 Å². The highest BCUT2D eigenvalue weighted by Gasteiger charge is 2.10. The molecular formula is C21H23F2NO5. The van der Waals surface area contributed by atoms with Crippen molar-refractivity contribution < 1.29 is 32.6 Å². The monoisotopic (exact) mass is 407 g/mol. The minimum Gasteiger partial charge on any atom is -0.484 e. The highest BCUT2D eigenvalue weighted by molar-refractivity contribution is 5.89. The maximum absolute atomic E-state index is 12.1. The van der Waals surface area contributed by atoms with Gasteiger partial charge in [-0.3, -0.25) is 4.79 Å². The van der Waals surface area contributed by atoms with Gasteiger partial charge in [0.15, 0.2) is 6.61 Å². The van der Waals surface area contributed by atoms with E-state index in [1.54, 1.807) is 50.2 Å². The Balaban J connectivity index is 1.70. The molecule has 0 saturated carbocycles. The van der Waals surface area contributed by atoms with Gasteiger partial charge in [0.2, 0.25) is 0 Å². The van der Waals surface area contributed by atoms with Gasteiger partial charge in [0.1, 0.15) is 11.5 Å². The van der Waals surface area contributed by atoms with E-state index in [0.29, 0.717) is 24.3 Å². The van der Waals surface area contributed by atoms with Gasteiger partial charge in [0.05, 0.1) is 11.7 Å². The third kappa shape index (κ3) is 8.16. The number of carbonyl (C=O) groups is 2. The number of alkyl halides is 2. The van der Waals surface area contributed by atoms with E-state index in [1.807, 2.05) is 0 Å². The molecule has 8 heteroatoms. The zero-order valence-corrected chi connectivity index (χ0v) is 16.2. The van der Waals surface area contributed by atoms with Gasteiger partial charge in [0, 0.05) is 6.54 Å². The highest BCUT2D eigenvalue weighted by Crippen LogP contribution is 2.15. The Kier molecular flexibility index (Phi) is 8.39. The number of nitrogens with one attached hydrogen (secondary N) is 1. The van der Waals surface area contributed by atoms with Gasteiger partial charge >= 0.3 is 12.6 Å². The number of halogens is 2. The number of ether oxygens (including phenoxy) is 3. The molecule has 0 aliphatic heterocycles. The first-order chi connectivity index (χ1) is 13.8. The van der Waals surface area contributed by atoms with E-state index < -0.39 is 12.6 Å². The molecule has 0 aliphatic rings. The van der Waals surface area contributed by atoms with Gasteiger partial charge in [-0.2, -0.15) is 8.78 Å².